The van der Waals surface area contributed by atoms with Gasteiger partial charge in [-0.3, -0.25) is 4.79 Å². The van der Waals surface area contributed by atoms with Gasteiger partial charge in [-0.15, -0.1) is 0 Å². The van der Waals surface area contributed by atoms with E-state index in [4.69, 9.17) is 23.7 Å². The van der Waals surface area contributed by atoms with Gasteiger partial charge in [0, 0.05) is 13.0 Å². The zero-order valence-electron chi connectivity index (χ0n) is 35.9. The highest BCUT2D eigenvalue weighted by Gasteiger charge is 2.36. The maximum atomic E-state index is 11.3. The first kappa shape index (κ1) is 48.6. The van der Waals surface area contributed by atoms with Gasteiger partial charge in [0.1, 0.15) is 0 Å². The molecule has 0 heterocycles. The SMILES string of the molecule is CCCCCCCCCCCCCCCC(=O)OC(C)C.COc1ccc(CCN(C)CCCC(C#N)(c2ccc(OC)c(OC)c2)C(C)C)cc1OC. The number of unbranched alkanes of at least 4 members (excludes halogenated alkanes) is 12. The van der Waals surface area contributed by atoms with E-state index in [1.807, 2.05) is 44.2 Å². The van der Waals surface area contributed by atoms with Gasteiger partial charge in [0.2, 0.25) is 0 Å². The average molecular weight is 753 g/mol. The number of hydrogen-bond acceptors (Lipinski definition) is 8. The van der Waals surface area contributed by atoms with Crippen molar-refractivity contribution in [3.05, 3.63) is 47.5 Å². The van der Waals surface area contributed by atoms with Gasteiger partial charge >= 0.3 is 5.97 Å². The van der Waals surface area contributed by atoms with Gasteiger partial charge in [-0.25, -0.2) is 0 Å². The van der Waals surface area contributed by atoms with Crippen LogP contribution in [0.15, 0.2) is 36.4 Å². The maximum Gasteiger partial charge on any atom is 0.306 e. The van der Waals surface area contributed by atoms with Crippen LogP contribution in [0.2, 0.25) is 0 Å². The fraction of sp³-hybridized carbons (Fsp3) is 0.696. The first-order valence-corrected chi connectivity index (χ1v) is 20.7. The molecule has 0 N–H and O–H groups in total. The standard InChI is InChI=1S/C27H38N2O4.C19H38O2/c1-20(2)27(19-28,22-10-12-24(31-5)26(18-22)33-7)14-8-15-29(3)16-13-21-9-11-23(30-4)25(17-21)32-6;1-4-5-6-7-8-9-10-11-12-13-14-15-16-17-19(20)21-18(2)3/h9-12,17-18,20H,8,13-16H2,1-7H3;18H,4-17H2,1-3H3. The Morgan fingerprint density at radius 3 is 1.67 bits per heavy atom. The number of carbonyl (C=O) groups excluding carboxylic acids is 1. The third-order valence-corrected chi connectivity index (χ3v) is 10.3. The van der Waals surface area contributed by atoms with Crippen LogP contribution in [0, 0.1) is 17.2 Å². The smallest absolute Gasteiger partial charge is 0.306 e. The van der Waals surface area contributed by atoms with Crippen LogP contribution in [-0.4, -0.2) is 65.5 Å². The highest BCUT2D eigenvalue weighted by molar-refractivity contribution is 5.69. The van der Waals surface area contributed by atoms with E-state index < -0.39 is 5.41 Å². The molecule has 0 aromatic heterocycles. The van der Waals surface area contributed by atoms with Crippen LogP contribution >= 0.6 is 0 Å². The molecular formula is C46H76N2O6. The summed E-state index contributed by atoms with van der Waals surface area (Å²) in [4.78, 5) is 13.6. The number of methoxy groups -OCH3 is 4. The molecule has 0 saturated heterocycles. The van der Waals surface area contributed by atoms with Crippen molar-refractivity contribution in [2.75, 3.05) is 48.6 Å². The highest BCUT2D eigenvalue weighted by atomic mass is 16.5. The second kappa shape index (κ2) is 28.9. The van der Waals surface area contributed by atoms with Gasteiger partial charge in [-0.1, -0.05) is 110 Å². The van der Waals surface area contributed by atoms with Gasteiger partial charge in [-0.05, 0) is 94.4 Å². The van der Waals surface area contributed by atoms with E-state index in [2.05, 4.69) is 44.9 Å². The lowest BCUT2D eigenvalue weighted by Gasteiger charge is -2.32. The molecule has 0 aliphatic heterocycles. The van der Waals surface area contributed by atoms with Crippen molar-refractivity contribution in [2.24, 2.45) is 5.92 Å². The van der Waals surface area contributed by atoms with Crippen molar-refractivity contribution in [3.8, 4) is 29.1 Å². The van der Waals surface area contributed by atoms with E-state index in [0.29, 0.717) is 17.9 Å². The van der Waals surface area contributed by atoms with Crippen molar-refractivity contribution >= 4 is 5.97 Å². The quantitative estimate of drug-likeness (QED) is 0.0627. The Bertz CT molecular complexity index is 1320. The lowest BCUT2D eigenvalue weighted by molar-refractivity contribution is -0.147. The molecule has 2 aromatic rings. The van der Waals surface area contributed by atoms with E-state index in [-0.39, 0.29) is 18.0 Å². The number of esters is 1. The predicted molar refractivity (Wildman–Crippen MR) is 223 cm³/mol. The second-order valence-corrected chi connectivity index (χ2v) is 15.2. The zero-order chi connectivity index (χ0) is 40.2. The summed E-state index contributed by atoms with van der Waals surface area (Å²) < 4.78 is 26.7. The molecule has 54 heavy (non-hydrogen) atoms. The monoisotopic (exact) mass is 753 g/mol. The first-order chi connectivity index (χ1) is 26.0. The van der Waals surface area contributed by atoms with Crippen molar-refractivity contribution in [2.45, 2.75) is 155 Å². The fourth-order valence-electron chi connectivity index (χ4n) is 6.83. The van der Waals surface area contributed by atoms with Gasteiger partial charge < -0.3 is 28.6 Å². The number of hydrogen-bond donors (Lipinski definition) is 0. The first-order valence-electron chi connectivity index (χ1n) is 20.7. The van der Waals surface area contributed by atoms with Crippen LogP contribution in [0.4, 0.5) is 0 Å². The molecule has 0 fully saturated rings. The summed E-state index contributed by atoms with van der Waals surface area (Å²) in [6.07, 6.45) is 20.6. The van der Waals surface area contributed by atoms with Crippen molar-refractivity contribution in [1.82, 2.24) is 4.90 Å². The van der Waals surface area contributed by atoms with Crippen molar-refractivity contribution < 1.29 is 28.5 Å². The number of likely N-dealkylation sites (N-methyl/N-ethyl adjacent to an activating group) is 1. The molecule has 0 amide bonds. The van der Waals surface area contributed by atoms with E-state index in [1.54, 1.807) is 28.4 Å². The zero-order valence-corrected chi connectivity index (χ0v) is 35.9. The number of benzene rings is 2. The molecule has 0 bridgehead atoms. The van der Waals surface area contributed by atoms with E-state index >= 15 is 0 Å². The maximum absolute atomic E-state index is 11.3. The summed E-state index contributed by atoms with van der Waals surface area (Å²) in [7, 11) is 8.67. The summed E-state index contributed by atoms with van der Waals surface area (Å²) in [5.74, 6) is 2.95. The number of carbonyl (C=O) groups is 1. The fourth-order valence-corrected chi connectivity index (χ4v) is 6.83. The van der Waals surface area contributed by atoms with Gasteiger partial charge in [0.15, 0.2) is 23.0 Å². The number of nitrogens with zero attached hydrogens (tertiary/aromatic N) is 2. The Balaban J connectivity index is 0.000000601. The third kappa shape index (κ3) is 18.7. The molecule has 2 aromatic carbocycles. The Kier molecular flexibility index (Phi) is 26.0. The van der Waals surface area contributed by atoms with Gasteiger partial charge in [0.05, 0.1) is 46.0 Å². The van der Waals surface area contributed by atoms with Crippen molar-refractivity contribution in [3.63, 3.8) is 0 Å². The van der Waals surface area contributed by atoms with E-state index in [9.17, 15) is 10.1 Å². The molecule has 1 unspecified atom stereocenters. The summed E-state index contributed by atoms with van der Waals surface area (Å²) in [5, 5.41) is 10.2. The molecule has 2 rings (SSSR count). The van der Waals surface area contributed by atoms with Crippen LogP contribution < -0.4 is 18.9 Å². The largest absolute Gasteiger partial charge is 0.493 e. The van der Waals surface area contributed by atoms with Crippen LogP contribution in [0.25, 0.3) is 0 Å². The van der Waals surface area contributed by atoms with Gasteiger partial charge in [-0.2, -0.15) is 5.26 Å². The van der Waals surface area contributed by atoms with Crippen LogP contribution in [0.5, 0.6) is 23.0 Å². The molecule has 1 atom stereocenters. The average Bonchev–Trinajstić information content (AvgIpc) is 3.17. The van der Waals surface area contributed by atoms with Crippen LogP contribution in [-0.2, 0) is 21.4 Å². The number of rotatable bonds is 28. The molecule has 0 aliphatic rings. The third-order valence-electron chi connectivity index (χ3n) is 10.3. The molecule has 0 spiro atoms. The topological polar surface area (TPSA) is 90.3 Å². The molecular weight excluding hydrogens is 677 g/mol. The minimum absolute atomic E-state index is 0.0273. The summed E-state index contributed by atoms with van der Waals surface area (Å²) in [5.41, 5.74) is 1.60. The Hall–Kier alpha value is -3.44. The summed E-state index contributed by atoms with van der Waals surface area (Å²) >= 11 is 0. The van der Waals surface area contributed by atoms with E-state index in [1.165, 1.54) is 82.6 Å². The molecule has 8 nitrogen and oxygen atoms in total. The molecule has 0 radical (unpaired) electrons. The summed E-state index contributed by atoms with van der Waals surface area (Å²) in [6, 6.07) is 14.5. The number of nitriles is 1. The minimum Gasteiger partial charge on any atom is -0.493 e. The lowest BCUT2D eigenvalue weighted by atomic mass is 9.69. The Morgan fingerprint density at radius 2 is 1.19 bits per heavy atom. The van der Waals surface area contributed by atoms with Crippen LogP contribution in [0.3, 0.4) is 0 Å². The predicted octanol–water partition coefficient (Wildman–Crippen LogP) is 11.5. The Morgan fingerprint density at radius 1 is 0.685 bits per heavy atom. The lowest BCUT2D eigenvalue weighted by Crippen LogP contribution is -2.32. The Labute approximate surface area is 330 Å². The molecule has 8 heteroatoms. The molecule has 0 saturated carbocycles. The molecule has 306 valence electrons. The van der Waals surface area contributed by atoms with E-state index in [0.717, 1.165) is 55.8 Å². The van der Waals surface area contributed by atoms with Crippen molar-refractivity contribution in [1.29, 1.82) is 5.26 Å². The van der Waals surface area contributed by atoms with Crippen LogP contribution in [0.1, 0.15) is 148 Å². The summed E-state index contributed by atoms with van der Waals surface area (Å²) in [6.45, 7) is 12.1. The minimum atomic E-state index is -0.580. The number of ether oxygens (including phenoxy) is 5. The molecule has 0 aliphatic carbocycles. The van der Waals surface area contributed by atoms with Gasteiger partial charge in [0.25, 0.3) is 0 Å². The second-order valence-electron chi connectivity index (χ2n) is 15.2. The highest BCUT2D eigenvalue weighted by Crippen LogP contribution is 2.40. The normalized spacial score (nSPS) is 12.1.